The molecule has 6 rings (SSSR count). The molecule has 0 saturated heterocycles. The summed E-state index contributed by atoms with van der Waals surface area (Å²) in [4.78, 5) is 38.2. The van der Waals surface area contributed by atoms with Crippen LogP contribution >= 0.6 is 22.9 Å². The fourth-order valence-electron chi connectivity index (χ4n) is 5.19. The molecule has 0 unspecified atom stereocenters. The summed E-state index contributed by atoms with van der Waals surface area (Å²) in [6.45, 7) is 3.36. The molecule has 0 bridgehead atoms. The summed E-state index contributed by atoms with van der Waals surface area (Å²) in [5.74, 6) is -0.430. The van der Waals surface area contributed by atoms with E-state index < -0.39 is 23.3 Å². The molecule has 0 radical (unpaired) electrons. The number of fused-ring (bicyclic) bond motifs is 2. The van der Waals surface area contributed by atoms with E-state index in [4.69, 9.17) is 16.3 Å². The van der Waals surface area contributed by atoms with Gasteiger partial charge in [-0.15, -0.1) is 11.3 Å². The molecule has 2 aromatic carbocycles. The average molecular weight is 651 g/mol. The van der Waals surface area contributed by atoms with Gasteiger partial charge in [0.25, 0.3) is 5.56 Å². The Kier molecular flexibility index (Phi) is 7.79. The van der Waals surface area contributed by atoms with Crippen molar-refractivity contribution in [1.82, 2.24) is 19.5 Å². The van der Waals surface area contributed by atoms with Gasteiger partial charge in [-0.3, -0.25) is 19.3 Å². The standard InChI is InChI=1S/C32H22ClF3N4O4S/c1-16-11-20(29-28(38-16)23(15-45-29)31(42)43)19-12-18(33)6-7-27(19)44-10-9-40-17(2)39-26-14-24(32(34,35)36)21(13-22(26)30(40)41)25-5-3-4-8-37-25/h3-8,11-15H,9-10H2,1-2H3,(H,42,43). The number of nitrogens with zero attached hydrogens (tertiary/aromatic N) is 4. The van der Waals surface area contributed by atoms with E-state index in [0.717, 1.165) is 6.07 Å². The molecule has 13 heteroatoms. The van der Waals surface area contributed by atoms with Gasteiger partial charge in [0.15, 0.2) is 0 Å². The molecule has 1 N–H and O–H groups in total. The fraction of sp³-hybridized carbons (Fsp3) is 0.156. The second-order valence-corrected chi connectivity index (χ2v) is 11.5. The van der Waals surface area contributed by atoms with Gasteiger partial charge in [0.05, 0.1) is 44.5 Å². The maximum atomic E-state index is 14.0. The topological polar surface area (TPSA) is 107 Å². The second-order valence-electron chi connectivity index (χ2n) is 10.2. The van der Waals surface area contributed by atoms with Gasteiger partial charge in [-0.05, 0) is 62.4 Å². The third-order valence-corrected chi connectivity index (χ3v) is 8.45. The third kappa shape index (κ3) is 5.74. The first-order valence-electron chi connectivity index (χ1n) is 13.5. The van der Waals surface area contributed by atoms with Gasteiger partial charge in [-0.2, -0.15) is 13.2 Å². The molecule has 4 aromatic heterocycles. The number of carboxylic acid groups (broad SMARTS) is 1. The molecule has 0 aliphatic carbocycles. The van der Waals surface area contributed by atoms with Crippen LogP contribution in [0.2, 0.25) is 5.02 Å². The highest BCUT2D eigenvalue weighted by molar-refractivity contribution is 7.18. The van der Waals surface area contributed by atoms with E-state index in [1.54, 1.807) is 44.2 Å². The Morgan fingerprint density at radius 1 is 1.04 bits per heavy atom. The molecule has 0 saturated carbocycles. The Labute approximate surface area is 262 Å². The van der Waals surface area contributed by atoms with Crippen molar-refractivity contribution in [2.24, 2.45) is 0 Å². The van der Waals surface area contributed by atoms with Crippen LogP contribution in [0.4, 0.5) is 13.2 Å². The number of ether oxygens (including phenoxy) is 1. The normalized spacial score (nSPS) is 11.8. The van der Waals surface area contributed by atoms with Crippen LogP contribution in [-0.4, -0.2) is 37.2 Å². The van der Waals surface area contributed by atoms with Crippen LogP contribution in [0.5, 0.6) is 5.75 Å². The lowest BCUT2D eigenvalue weighted by molar-refractivity contribution is -0.137. The maximum absolute atomic E-state index is 14.0. The molecule has 0 atom stereocenters. The minimum absolute atomic E-state index is 0.00826. The highest BCUT2D eigenvalue weighted by atomic mass is 35.5. The molecule has 0 spiro atoms. The number of hydrogen-bond donors (Lipinski definition) is 1. The molecule has 0 fully saturated rings. The average Bonchev–Trinajstić information content (AvgIpc) is 3.42. The predicted octanol–water partition coefficient (Wildman–Crippen LogP) is 7.80. The van der Waals surface area contributed by atoms with Crippen molar-refractivity contribution >= 4 is 50.0 Å². The lowest BCUT2D eigenvalue weighted by Gasteiger charge is -2.17. The van der Waals surface area contributed by atoms with Crippen molar-refractivity contribution in [3.05, 3.63) is 104 Å². The summed E-state index contributed by atoms with van der Waals surface area (Å²) in [6.07, 6.45) is -3.30. The van der Waals surface area contributed by atoms with Gasteiger partial charge in [0, 0.05) is 39.0 Å². The van der Waals surface area contributed by atoms with Crippen molar-refractivity contribution in [2.75, 3.05) is 6.61 Å². The lowest BCUT2D eigenvalue weighted by atomic mass is 10.0. The maximum Gasteiger partial charge on any atom is 0.417 e. The van der Waals surface area contributed by atoms with Gasteiger partial charge in [0.2, 0.25) is 0 Å². The summed E-state index contributed by atoms with van der Waals surface area (Å²) in [7, 11) is 0. The third-order valence-electron chi connectivity index (χ3n) is 7.22. The van der Waals surface area contributed by atoms with Crippen LogP contribution in [-0.2, 0) is 12.7 Å². The number of rotatable bonds is 7. The molecule has 0 aliphatic heterocycles. The Morgan fingerprint density at radius 3 is 2.56 bits per heavy atom. The summed E-state index contributed by atoms with van der Waals surface area (Å²) in [5, 5.41) is 11.6. The number of aromatic carboxylic acids is 1. The molecule has 0 aliphatic rings. The molecule has 8 nitrogen and oxygen atoms in total. The Morgan fingerprint density at radius 2 is 1.84 bits per heavy atom. The number of alkyl halides is 3. The van der Waals surface area contributed by atoms with E-state index in [0.29, 0.717) is 37.8 Å². The fourth-order valence-corrected chi connectivity index (χ4v) is 6.37. The molecular weight excluding hydrogens is 629 g/mol. The van der Waals surface area contributed by atoms with Gasteiger partial charge in [-0.1, -0.05) is 17.7 Å². The smallest absolute Gasteiger partial charge is 0.417 e. The molecule has 6 aromatic rings. The van der Waals surface area contributed by atoms with Crippen LogP contribution in [0.25, 0.3) is 43.5 Å². The number of hydrogen-bond acceptors (Lipinski definition) is 7. The van der Waals surface area contributed by atoms with E-state index in [2.05, 4.69) is 15.0 Å². The SMILES string of the molecule is Cc1cc(-c2cc(Cl)ccc2OCCn2c(C)nc3cc(C(F)(F)F)c(-c4ccccn4)cc3c2=O)c2scc(C(=O)O)c2n1. The number of benzene rings is 2. The first kappa shape index (κ1) is 30.2. The molecule has 0 amide bonds. The van der Waals surface area contributed by atoms with Gasteiger partial charge >= 0.3 is 12.1 Å². The zero-order valence-electron chi connectivity index (χ0n) is 23.6. The Balaban J connectivity index is 1.36. The van der Waals surface area contributed by atoms with E-state index in [-0.39, 0.29) is 46.7 Å². The molecular formula is C32H22ClF3N4O4S. The summed E-state index contributed by atoms with van der Waals surface area (Å²) in [5.41, 5.74) is 0.695. The molecule has 4 heterocycles. The number of thiophene rings is 1. The zero-order chi connectivity index (χ0) is 32.0. The van der Waals surface area contributed by atoms with Crippen LogP contribution in [0.15, 0.2) is 71.0 Å². The predicted molar refractivity (Wildman–Crippen MR) is 166 cm³/mol. The number of carbonyl (C=O) groups is 1. The Hall–Kier alpha value is -4.81. The number of halogens is 4. The quantitative estimate of drug-likeness (QED) is 0.188. The van der Waals surface area contributed by atoms with E-state index in [9.17, 15) is 27.9 Å². The van der Waals surface area contributed by atoms with Crippen LogP contribution in [0.3, 0.4) is 0 Å². The van der Waals surface area contributed by atoms with E-state index in [1.165, 1.54) is 39.6 Å². The minimum atomic E-state index is -4.69. The van der Waals surface area contributed by atoms with Crippen LogP contribution in [0, 0.1) is 13.8 Å². The first-order valence-corrected chi connectivity index (χ1v) is 14.8. The number of pyridine rings is 2. The van der Waals surface area contributed by atoms with Crippen molar-refractivity contribution in [3.63, 3.8) is 0 Å². The van der Waals surface area contributed by atoms with Crippen molar-refractivity contribution in [2.45, 2.75) is 26.6 Å². The van der Waals surface area contributed by atoms with Gasteiger partial charge in [-0.25, -0.2) is 9.78 Å². The summed E-state index contributed by atoms with van der Waals surface area (Å²) < 4.78 is 50.1. The minimum Gasteiger partial charge on any atom is -0.491 e. The summed E-state index contributed by atoms with van der Waals surface area (Å²) in [6, 6.07) is 13.5. The van der Waals surface area contributed by atoms with Crippen molar-refractivity contribution in [3.8, 4) is 28.1 Å². The molecule has 228 valence electrons. The zero-order valence-corrected chi connectivity index (χ0v) is 25.2. The van der Waals surface area contributed by atoms with Crippen LogP contribution < -0.4 is 10.3 Å². The van der Waals surface area contributed by atoms with E-state index in [1.807, 2.05) is 6.07 Å². The second kappa shape index (κ2) is 11.6. The van der Waals surface area contributed by atoms with E-state index >= 15 is 0 Å². The van der Waals surface area contributed by atoms with Crippen molar-refractivity contribution < 1.29 is 27.8 Å². The van der Waals surface area contributed by atoms with Crippen molar-refractivity contribution in [1.29, 1.82) is 0 Å². The Bertz CT molecular complexity index is 2180. The first-order chi connectivity index (χ1) is 21.4. The van der Waals surface area contributed by atoms with Crippen LogP contribution in [0.1, 0.15) is 27.4 Å². The number of aryl methyl sites for hydroxylation is 2. The van der Waals surface area contributed by atoms with Gasteiger partial charge < -0.3 is 9.84 Å². The largest absolute Gasteiger partial charge is 0.491 e. The summed E-state index contributed by atoms with van der Waals surface area (Å²) >= 11 is 7.59. The number of aromatic nitrogens is 4. The highest BCUT2D eigenvalue weighted by Gasteiger charge is 2.35. The molecule has 45 heavy (non-hydrogen) atoms. The monoisotopic (exact) mass is 650 g/mol. The lowest BCUT2D eigenvalue weighted by Crippen LogP contribution is -2.27. The number of carboxylic acids is 1. The highest BCUT2D eigenvalue weighted by Crippen LogP contribution is 2.41. The van der Waals surface area contributed by atoms with Gasteiger partial charge in [0.1, 0.15) is 18.2 Å².